The molecule has 2 N–H and O–H groups in total. The highest BCUT2D eigenvalue weighted by Crippen LogP contribution is 2.21. The van der Waals surface area contributed by atoms with Crippen LogP contribution in [0.15, 0.2) is 58.1 Å². The van der Waals surface area contributed by atoms with E-state index < -0.39 is 57.1 Å². The third kappa shape index (κ3) is 6.42. The van der Waals surface area contributed by atoms with Crippen molar-refractivity contribution in [2.75, 3.05) is 13.1 Å². The van der Waals surface area contributed by atoms with Crippen molar-refractivity contribution in [1.29, 1.82) is 0 Å². The van der Waals surface area contributed by atoms with E-state index in [0.29, 0.717) is 11.0 Å². The van der Waals surface area contributed by atoms with E-state index in [4.69, 9.17) is 4.42 Å². The molecule has 0 radical (unpaired) electrons. The number of furan rings is 1. The first kappa shape index (κ1) is 28.2. The summed E-state index contributed by atoms with van der Waals surface area (Å²) in [6, 6.07) is 7.18. The van der Waals surface area contributed by atoms with E-state index in [1.165, 1.54) is 36.4 Å². The van der Waals surface area contributed by atoms with Gasteiger partial charge < -0.3 is 20.3 Å². The van der Waals surface area contributed by atoms with Gasteiger partial charge in [-0.3, -0.25) is 14.4 Å². The Morgan fingerprint density at radius 2 is 2.00 bits per heavy atom. The molecule has 0 saturated carbocycles. The maximum Gasteiger partial charge on any atom is 0.323 e. The minimum atomic E-state index is -4.23. The first-order chi connectivity index (χ1) is 18.5. The third-order valence-corrected chi connectivity index (χ3v) is 8.20. The number of benzene rings is 1. The second-order valence-corrected chi connectivity index (χ2v) is 11.7. The highest BCUT2D eigenvalue weighted by molar-refractivity contribution is 7.89. The molecule has 1 aromatic carbocycles. The van der Waals surface area contributed by atoms with Crippen LogP contribution in [0.2, 0.25) is 0 Å². The van der Waals surface area contributed by atoms with E-state index in [0.717, 1.165) is 16.6 Å². The van der Waals surface area contributed by atoms with Crippen LogP contribution in [0.4, 0.5) is 4.39 Å². The normalized spacial score (nSPS) is 17.6. The quantitative estimate of drug-likeness (QED) is 0.315. The monoisotopic (exact) mass is 560 g/mol. The highest BCUT2D eigenvalue weighted by atomic mass is 32.2. The molecular weight excluding hydrogens is 531 g/mol. The van der Waals surface area contributed by atoms with Crippen LogP contribution >= 0.6 is 0 Å². The number of fused-ring (bicyclic) bond motifs is 1. The van der Waals surface area contributed by atoms with Gasteiger partial charge in [-0.2, -0.15) is 9.04 Å². The third-order valence-electron chi connectivity index (χ3n) is 6.36. The van der Waals surface area contributed by atoms with Crippen molar-refractivity contribution < 1.29 is 36.3 Å². The number of pyridine rings is 1. The van der Waals surface area contributed by atoms with E-state index in [9.17, 15) is 32.4 Å². The van der Waals surface area contributed by atoms with Gasteiger partial charge in [0.15, 0.2) is 17.7 Å². The number of carbonyl (C=O) groups is 3. The van der Waals surface area contributed by atoms with Gasteiger partial charge in [0.05, 0.1) is 12.6 Å². The van der Waals surface area contributed by atoms with Crippen molar-refractivity contribution in [2.24, 2.45) is 5.92 Å². The number of carbonyl (C=O) groups excluding carboxylic acids is 3. The second-order valence-electron chi connectivity index (χ2n) is 9.82. The van der Waals surface area contributed by atoms with Gasteiger partial charge >= 0.3 is 15.0 Å². The molecular formula is C26H29FN4O7S. The number of ketones is 1. The van der Waals surface area contributed by atoms with Crippen molar-refractivity contribution in [1.82, 2.24) is 14.9 Å². The summed E-state index contributed by atoms with van der Waals surface area (Å²) in [5.41, 5.74) is 0.313. The molecule has 3 aromatic rings. The molecule has 11 nitrogen and oxygen atoms in total. The van der Waals surface area contributed by atoms with Gasteiger partial charge in [-0.1, -0.05) is 13.8 Å². The Hall–Kier alpha value is -3.84. The average molecular weight is 561 g/mol. The zero-order valence-electron chi connectivity index (χ0n) is 21.4. The van der Waals surface area contributed by atoms with Crippen LogP contribution < -0.4 is 15.4 Å². The molecule has 0 bridgehead atoms. The summed E-state index contributed by atoms with van der Waals surface area (Å²) in [6.45, 7) is 3.21. The molecule has 1 saturated heterocycles. The second kappa shape index (κ2) is 11.5. The van der Waals surface area contributed by atoms with Crippen LogP contribution in [0.5, 0.6) is 0 Å². The minimum absolute atomic E-state index is 0.000878. The molecule has 39 heavy (non-hydrogen) atoms. The molecule has 208 valence electrons. The fourth-order valence-corrected chi connectivity index (χ4v) is 5.90. The molecule has 1 aliphatic rings. The Morgan fingerprint density at radius 3 is 2.72 bits per heavy atom. The van der Waals surface area contributed by atoms with E-state index in [-0.39, 0.29) is 42.2 Å². The van der Waals surface area contributed by atoms with Crippen molar-refractivity contribution in [3.63, 3.8) is 0 Å². The van der Waals surface area contributed by atoms with Crippen LogP contribution in [-0.4, -0.2) is 55.5 Å². The number of hydrogen-bond acceptors (Lipinski definition) is 7. The number of sulfonamides is 1. The molecule has 0 aliphatic carbocycles. The maximum absolute atomic E-state index is 13.5. The molecule has 1 unspecified atom stereocenters. The summed E-state index contributed by atoms with van der Waals surface area (Å²) < 4.78 is 46.1. The highest BCUT2D eigenvalue weighted by Gasteiger charge is 2.37. The minimum Gasteiger partial charge on any atom is -0.618 e. The number of nitrogens with one attached hydrogen (secondary N) is 2. The summed E-state index contributed by atoms with van der Waals surface area (Å²) in [5.74, 6) is -2.39. The Kier molecular flexibility index (Phi) is 8.31. The lowest BCUT2D eigenvalue weighted by Gasteiger charge is -2.23. The molecule has 2 aromatic heterocycles. The van der Waals surface area contributed by atoms with Gasteiger partial charge in [-0.15, -0.1) is 0 Å². The van der Waals surface area contributed by atoms with Gasteiger partial charge in [-0.25, -0.2) is 12.8 Å². The summed E-state index contributed by atoms with van der Waals surface area (Å²) in [7, 11) is -4.23. The average Bonchev–Trinajstić information content (AvgIpc) is 3.20. The standard InChI is InChI=1S/C26H29FN4O7S/c1-16(2)12-20(29-26(34)23-14-17-13-18(27)8-9-22(17)38-23)25(33)28-19-6-5-10-30(15-21(19)32)39(36,37)24-7-3-4-11-31(24)35/h3-4,7-9,11,13-14,16,19-20H,5-6,10,12,15H2,1-2H3,(H,28,33)(H,29,34)/t19?,20-/m0/s1. The van der Waals surface area contributed by atoms with Crippen LogP contribution in [0.3, 0.4) is 0 Å². The van der Waals surface area contributed by atoms with Gasteiger partial charge in [0.2, 0.25) is 5.91 Å². The smallest absolute Gasteiger partial charge is 0.323 e. The summed E-state index contributed by atoms with van der Waals surface area (Å²) >= 11 is 0. The largest absolute Gasteiger partial charge is 0.618 e. The molecule has 1 aliphatic heterocycles. The number of aromatic nitrogens is 1. The number of Topliss-reactive ketones (excluding diaryl/α,β-unsaturated/α-hetero) is 1. The summed E-state index contributed by atoms with van der Waals surface area (Å²) in [6.07, 6.45) is 1.76. The van der Waals surface area contributed by atoms with E-state index >= 15 is 0 Å². The Balaban J connectivity index is 1.45. The lowest BCUT2D eigenvalue weighted by atomic mass is 10.0. The predicted octanol–water partition coefficient (Wildman–Crippen LogP) is 1.89. The maximum atomic E-state index is 13.5. The lowest BCUT2D eigenvalue weighted by Crippen LogP contribution is -2.52. The predicted molar refractivity (Wildman–Crippen MR) is 137 cm³/mol. The molecule has 13 heteroatoms. The first-order valence-corrected chi connectivity index (χ1v) is 13.9. The molecule has 2 amide bonds. The van der Waals surface area contributed by atoms with Gasteiger partial charge in [-0.05, 0) is 55.5 Å². The van der Waals surface area contributed by atoms with Crippen molar-refractivity contribution in [3.05, 3.63) is 65.4 Å². The van der Waals surface area contributed by atoms with Crippen LogP contribution in [-0.2, 0) is 19.6 Å². The van der Waals surface area contributed by atoms with Gasteiger partial charge in [0, 0.05) is 24.1 Å². The van der Waals surface area contributed by atoms with Crippen molar-refractivity contribution in [2.45, 2.75) is 50.2 Å². The van der Waals surface area contributed by atoms with Gasteiger partial charge in [0.1, 0.15) is 17.4 Å². The lowest BCUT2D eigenvalue weighted by molar-refractivity contribution is -0.646. The molecule has 4 rings (SSSR count). The SMILES string of the molecule is CC(C)C[C@H](NC(=O)c1cc2cc(F)ccc2o1)C(=O)NC1CCCN(S(=O)(=O)c2cccc[n+]2[O-])CC1=O. The molecule has 3 heterocycles. The molecule has 0 spiro atoms. The van der Waals surface area contributed by atoms with Gasteiger partial charge in [0.25, 0.3) is 5.91 Å². The van der Waals surface area contributed by atoms with E-state index in [2.05, 4.69) is 10.6 Å². The Labute approximate surface area is 224 Å². The van der Waals surface area contributed by atoms with Crippen molar-refractivity contribution >= 4 is 38.6 Å². The Bertz CT molecular complexity index is 1500. The Morgan fingerprint density at radius 1 is 1.23 bits per heavy atom. The topological polar surface area (TPSA) is 153 Å². The van der Waals surface area contributed by atoms with Crippen LogP contribution in [0.25, 0.3) is 11.0 Å². The van der Waals surface area contributed by atoms with E-state index in [1.54, 1.807) is 0 Å². The zero-order chi connectivity index (χ0) is 28.3. The number of halogens is 1. The number of amides is 2. The summed E-state index contributed by atoms with van der Waals surface area (Å²) in [5, 5.41) is 17.2. The number of nitrogens with zero attached hydrogens (tertiary/aromatic N) is 2. The number of rotatable bonds is 8. The zero-order valence-corrected chi connectivity index (χ0v) is 22.2. The van der Waals surface area contributed by atoms with Crippen molar-refractivity contribution in [3.8, 4) is 0 Å². The first-order valence-electron chi connectivity index (χ1n) is 12.5. The molecule has 2 atom stereocenters. The molecule has 1 fully saturated rings. The van der Waals surface area contributed by atoms with Crippen LogP contribution in [0.1, 0.15) is 43.7 Å². The fourth-order valence-electron chi connectivity index (χ4n) is 4.43. The number of hydrogen-bond donors (Lipinski definition) is 2. The summed E-state index contributed by atoms with van der Waals surface area (Å²) in [4.78, 5) is 39.1. The van der Waals surface area contributed by atoms with Crippen LogP contribution in [0, 0.1) is 16.9 Å². The van der Waals surface area contributed by atoms with E-state index in [1.807, 2.05) is 13.8 Å². The fraction of sp³-hybridized carbons (Fsp3) is 0.385.